The van der Waals surface area contributed by atoms with Crippen LogP contribution >= 0.6 is 0 Å². The molecule has 2 rings (SSSR count). The number of methoxy groups -OCH3 is 1. The van der Waals surface area contributed by atoms with E-state index >= 15 is 0 Å². The van der Waals surface area contributed by atoms with Crippen LogP contribution in [0.2, 0.25) is 0 Å². The summed E-state index contributed by atoms with van der Waals surface area (Å²) in [5, 5.41) is 9.34. The van der Waals surface area contributed by atoms with Crippen molar-refractivity contribution in [2.24, 2.45) is 0 Å². The number of nitrogens with zero attached hydrogens (tertiary/aromatic N) is 2. The van der Waals surface area contributed by atoms with Gasteiger partial charge in [0.2, 0.25) is 0 Å². The molecule has 0 bridgehead atoms. The van der Waals surface area contributed by atoms with Gasteiger partial charge in [-0.2, -0.15) is 5.26 Å². The van der Waals surface area contributed by atoms with Crippen LogP contribution in [0.3, 0.4) is 0 Å². The molecule has 0 aromatic heterocycles. The number of hydrogen-bond donors (Lipinski definition) is 1. The summed E-state index contributed by atoms with van der Waals surface area (Å²) in [6.07, 6.45) is 3.67. The van der Waals surface area contributed by atoms with Gasteiger partial charge in [0, 0.05) is 32.4 Å². The number of sulfonamides is 1. The molecule has 0 unspecified atom stereocenters. The molecule has 1 fully saturated rings. The first-order valence-corrected chi connectivity index (χ1v) is 9.93. The van der Waals surface area contributed by atoms with E-state index in [1.807, 2.05) is 30.3 Å². The number of nitriles is 1. The van der Waals surface area contributed by atoms with E-state index in [2.05, 4.69) is 9.62 Å². The lowest BCUT2D eigenvalue weighted by Gasteiger charge is -2.28. The van der Waals surface area contributed by atoms with Crippen molar-refractivity contribution in [1.82, 2.24) is 4.72 Å². The summed E-state index contributed by atoms with van der Waals surface area (Å²) in [4.78, 5) is 2.08. The minimum atomic E-state index is -3.84. The predicted molar refractivity (Wildman–Crippen MR) is 99.5 cm³/mol. The second-order valence-corrected chi connectivity index (χ2v) is 7.75. The lowest BCUT2D eigenvalue weighted by atomic mass is 10.1. The molecule has 0 saturated carbocycles. The molecule has 1 aromatic rings. The van der Waals surface area contributed by atoms with Crippen molar-refractivity contribution in [3.8, 4) is 6.07 Å². The summed E-state index contributed by atoms with van der Waals surface area (Å²) in [5.74, 6) is 0. The molecule has 0 aliphatic carbocycles. The fourth-order valence-corrected chi connectivity index (χ4v) is 4.04. The molecule has 0 radical (unpaired) electrons. The van der Waals surface area contributed by atoms with Gasteiger partial charge in [-0.1, -0.05) is 12.1 Å². The molecule has 0 spiro atoms. The standard InChI is InChI=1S/C18H25N3O3S/c1-15(18(14-19)25(22,23)20-10-13-24-2)16-6-8-17(9-7-16)21-11-4-3-5-12-21/h6-9,20H,3-5,10-13H2,1-2H3/b18-15+. The van der Waals surface area contributed by atoms with Crippen molar-refractivity contribution in [2.45, 2.75) is 26.2 Å². The smallest absolute Gasteiger partial charge is 0.251 e. The average Bonchev–Trinajstić information content (AvgIpc) is 2.63. The molecule has 1 aliphatic heterocycles. The first kappa shape index (κ1) is 19.4. The fraction of sp³-hybridized carbons (Fsp3) is 0.500. The number of benzene rings is 1. The molecule has 1 aromatic carbocycles. The van der Waals surface area contributed by atoms with Crippen LogP contribution < -0.4 is 9.62 Å². The fourth-order valence-electron chi connectivity index (χ4n) is 2.90. The quantitative estimate of drug-likeness (QED) is 0.594. The molecule has 136 valence electrons. The topological polar surface area (TPSA) is 82.4 Å². The van der Waals surface area contributed by atoms with Gasteiger partial charge in [-0.05, 0) is 49.5 Å². The summed E-state index contributed by atoms with van der Waals surface area (Å²) < 4.78 is 31.8. The van der Waals surface area contributed by atoms with Gasteiger partial charge in [-0.3, -0.25) is 0 Å². The van der Waals surface area contributed by atoms with Crippen molar-refractivity contribution >= 4 is 21.3 Å². The van der Waals surface area contributed by atoms with Crippen molar-refractivity contribution < 1.29 is 13.2 Å². The van der Waals surface area contributed by atoms with Crippen LogP contribution in [-0.2, 0) is 14.8 Å². The molecule has 25 heavy (non-hydrogen) atoms. The highest BCUT2D eigenvalue weighted by Crippen LogP contribution is 2.25. The predicted octanol–water partition coefficient (Wildman–Crippen LogP) is 2.50. The van der Waals surface area contributed by atoms with Crippen LogP contribution in [0.25, 0.3) is 5.57 Å². The number of nitrogens with one attached hydrogen (secondary N) is 1. The number of rotatable bonds is 7. The van der Waals surface area contributed by atoms with Crippen LogP contribution in [0.1, 0.15) is 31.7 Å². The third kappa shape index (κ3) is 5.05. The van der Waals surface area contributed by atoms with Gasteiger partial charge in [0.05, 0.1) is 6.61 Å². The van der Waals surface area contributed by atoms with E-state index < -0.39 is 10.0 Å². The Labute approximate surface area is 150 Å². The second kappa shape index (κ2) is 8.99. The maximum Gasteiger partial charge on any atom is 0.251 e. The minimum absolute atomic E-state index is 0.130. The molecule has 1 aliphatic rings. The Morgan fingerprint density at radius 1 is 1.24 bits per heavy atom. The van der Waals surface area contributed by atoms with Crippen LogP contribution in [0.5, 0.6) is 0 Å². The Kier molecular flexibility index (Phi) is 7.00. The zero-order valence-corrected chi connectivity index (χ0v) is 15.6. The lowest BCUT2D eigenvalue weighted by molar-refractivity contribution is 0.204. The molecule has 0 atom stereocenters. The monoisotopic (exact) mass is 363 g/mol. The molecule has 1 saturated heterocycles. The number of hydrogen-bond acceptors (Lipinski definition) is 5. The van der Waals surface area contributed by atoms with E-state index in [1.54, 1.807) is 6.92 Å². The maximum atomic E-state index is 12.3. The Balaban J connectivity index is 2.22. The van der Waals surface area contributed by atoms with Gasteiger partial charge in [-0.15, -0.1) is 0 Å². The zero-order chi connectivity index (χ0) is 18.3. The summed E-state index contributed by atoms with van der Waals surface area (Å²) in [7, 11) is -2.35. The van der Waals surface area contributed by atoms with Gasteiger partial charge in [0.25, 0.3) is 10.0 Å². The van der Waals surface area contributed by atoms with E-state index in [0.29, 0.717) is 5.57 Å². The summed E-state index contributed by atoms with van der Waals surface area (Å²) in [5.41, 5.74) is 2.31. The normalized spacial score (nSPS) is 16.3. The zero-order valence-electron chi connectivity index (χ0n) is 14.8. The van der Waals surface area contributed by atoms with Crippen LogP contribution in [-0.4, -0.2) is 41.8 Å². The highest BCUT2D eigenvalue weighted by atomic mass is 32.2. The first-order valence-electron chi connectivity index (χ1n) is 8.44. The molecule has 1 heterocycles. The van der Waals surface area contributed by atoms with E-state index in [1.165, 1.54) is 26.4 Å². The van der Waals surface area contributed by atoms with E-state index in [9.17, 15) is 13.7 Å². The van der Waals surface area contributed by atoms with Crippen molar-refractivity contribution in [3.05, 3.63) is 34.7 Å². The van der Waals surface area contributed by atoms with Gasteiger partial charge in [0.15, 0.2) is 4.91 Å². The summed E-state index contributed by atoms with van der Waals surface area (Å²) >= 11 is 0. The Hall–Kier alpha value is -1.88. The number of ether oxygens (including phenoxy) is 1. The number of piperidine rings is 1. The van der Waals surface area contributed by atoms with Crippen LogP contribution in [0.4, 0.5) is 5.69 Å². The highest BCUT2D eigenvalue weighted by Gasteiger charge is 2.21. The molecule has 0 amide bonds. The van der Waals surface area contributed by atoms with Gasteiger partial charge >= 0.3 is 0 Å². The van der Waals surface area contributed by atoms with Crippen molar-refractivity contribution in [2.75, 3.05) is 38.3 Å². The molecular formula is C18H25N3O3S. The average molecular weight is 363 g/mol. The summed E-state index contributed by atoms with van der Waals surface area (Å²) in [6, 6.07) is 9.56. The molecule has 6 nitrogen and oxygen atoms in total. The van der Waals surface area contributed by atoms with Gasteiger partial charge < -0.3 is 9.64 Å². The Morgan fingerprint density at radius 2 is 1.88 bits per heavy atom. The van der Waals surface area contributed by atoms with E-state index in [0.717, 1.165) is 24.3 Å². The third-order valence-electron chi connectivity index (χ3n) is 4.33. The maximum absolute atomic E-state index is 12.3. The molecular weight excluding hydrogens is 338 g/mol. The van der Waals surface area contributed by atoms with Crippen LogP contribution in [0.15, 0.2) is 29.2 Å². The Bertz CT molecular complexity index is 743. The van der Waals surface area contributed by atoms with Crippen molar-refractivity contribution in [1.29, 1.82) is 5.26 Å². The SMILES string of the molecule is COCCNS(=O)(=O)/C(C#N)=C(\C)c1ccc(N2CCCCC2)cc1. The van der Waals surface area contributed by atoms with Gasteiger partial charge in [-0.25, -0.2) is 13.1 Å². The van der Waals surface area contributed by atoms with Crippen LogP contribution in [0, 0.1) is 11.3 Å². The van der Waals surface area contributed by atoms with Gasteiger partial charge in [0.1, 0.15) is 6.07 Å². The second-order valence-electron chi connectivity index (χ2n) is 6.05. The Morgan fingerprint density at radius 3 is 2.44 bits per heavy atom. The molecule has 7 heteroatoms. The van der Waals surface area contributed by atoms with E-state index in [-0.39, 0.29) is 18.1 Å². The summed E-state index contributed by atoms with van der Waals surface area (Å²) in [6.45, 7) is 4.14. The minimum Gasteiger partial charge on any atom is -0.383 e. The number of anilines is 1. The highest BCUT2D eigenvalue weighted by molar-refractivity contribution is 7.93. The third-order valence-corrected chi connectivity index (χ3v) is 5.85. The van der Waals surface area contributed by atoms with E-state index in [4.69, 9.17) is 4.74 Å². The number of allylic oxidation sites excluding steroid dienone is 2. The largest absolute Gasteiger partial charge is 0.383 e. The first-order chi connectivity index (χ1) is 12.0. The molecule has 1 N–H and O–H groups in total. The lowest BCUT2D eigenvalue weighted by Crippen LogP contribution is -2.29. The van der Waals surface area contributed by atoms with Crippen molar-refractivity contribution in [3.63, 3.8) is 0 Å².